The molecule has 2 aromatic carbocycles. The monoisotopic (exact) mass is 291 g/mol. The lowest BCUT2D eigenvalue weighted by Gasteiger charge is -2.22. The third kappa shape index (κ3) is 3.31. The van der Waals surface area contributed by atoms with E-state index in [0.717, 1.165) is 11.1 Å². The summed E-state index contributed by atoms with van der Waals surface area (Å²) >= 11 is 6.00. The molecule has 2 rings (SSSR count). The third-order valence-electron chi connectivity index (χ3n) is 3.35. The van der Waals surface area contributed by atoms with Gasteiger partial charge in [0.25, 0.3) is 0 Å². The molecule has 3 nitrogen and oxygen atoms in total. The molecular weight excluding hydrogens is 274 g/mol. The molecule has 0 radical (unpaired) electrons. The first-order valence-electron chi connectivity index (χ1n) is 6.43. The first-order valence-corrected chi connectivity index (χ1v) is 6.81. The first kappa shape index (κ1) is 14.9. The number of benzene rings is 2. The van der Waals surface area contributed by atoms with Gasteiger partial charge in [0.05, 0.1) is 13.2 Å². The fraction of sp³-hybridized carbons (Fsp3) is 0.250. The lowest BCUT2D eigenvalue weighted by Crippen LogP contribution is -2.20. The third-order valence-corrected chi connectivity index (χ3v) is 3.58. The molecule has 0 bridgehead atoms. The van der Waals surface area contributed by atoms with Crippen molar-refractivity contribution in [1.29, 1.82) is 0 Å². The smallest absolute Gasteiger partial charge is 0.119 e. The van der Waals surface area contributed by atoms with E-state index in [9.17, 15) is 5.11 Å². The number of aliphatic hydroxyl groups is 1. The summed E-state index contributed by atoms with van der Waals surface area (Å²) in [5, 5.41) is 11.2. The number of ether oxygens (including phenoxy) is 1. The number of hydrogen-bond acceptors (Lipinski definition) is 3. The zero-order valence-electron chi connectivity index (χ0n) is 11.3. The lowest BCUT2D eigenvalue weighted by molar-refractivity contribution is 0.147. The van der Waals surface area contributed by atoms with E-state index < -0.39 is 6.10 Å². The summed E-state index contributed by atoms with van der Waals surface area (Å²) in [7, 11) is 1.60. The van der Waals surface area contributed by atoms with Crippen LogP contribution in [-0.2, 0) is 0 Å². The highest BCUT2D eigenvalue weighted by Crippen LogP contribution is 2.32. The number of hydrogen-bond donors (Lipinski definition) is 2. The van der Waals surface area contributed by atoms with E-state index in [1.807, 2.05) is 42.5 Å². The highest BCUT2D eigenvalue weighted by molar-refractivity contribution is 6.30. The molecule has 0 saturated carbocycles. The Morgan fingerprint density at radius 1 is 1.15 bits per heavy atom. The van der Waals surface area contributed by atoms with Gasteiger partial charge in [-0.25, -0.2) is 0 Å². The molecule has 0 heterocycles. The van der Waals surface area contributed by atoms with E-state index in [4.69, 9.17) is 22.1 Å². The van der Waals surface area contributed by atoms with Crippen LogP contribution in [0.1, 0.15) is 23.1 Å². The van der Waals surface area contributed by atoms with E-state index in [1.165, 1.54) is 0 Å². The van der Waals surface area contributed by atoms with Crippen LogP contribution in [0.15, 0.2) is 48.5 Å². The minimum Gasteiger partial charge on any atom is -0.497 e. The zero-order chi connectivity index (χ0) is 14.5. The number of rotatable bonds is 5. The number of aliphatic hydroxyl groups excluding tert-OH is 1. The van der Waals surface area contributed by atoms with Crippen LogP contribution in [0.25, 0.3) is 0 Å². The summed E-state index contributed by atoms with van der Waals surface area (Å²) < 4.78 is 5.18. The highest BCUT2D eigenvalue weighted by atomic mass is 35.5. The zero-order valence-corrected chi connectivity index (χ0v) is 12.0. The Morgan fingerprint density at radius 3 is 2.50 bits per heavy atom. The van der Waals surface area contributed by atoms with Crippen LogP contribution < -0.4 is 10.5 Å². The molecule has 2 atom stereocenters. The molecule has 0 aliphatic heterocycles. The molecule has 20 heavy (non-hydrogen) atoms. The fourth-order valence-corrected chi connectivity index (χ4v) is 2.44. The van der Waals surface area contributed by atoms with Gasteiger partial charge in [-0.15, -0.1) is 0 Å². The largest absolute Gasteiger partial charge is 0.497 e. The van der Waals surface area contributed by atoms with Crippen LogP contribution >= 0.6 is 11.6 Å². The van der Waals surface area contributed by atoms with Crippen molar-refractivity contribution in [3.63, 3.8) is 0 Å². The molecule has 0 aliphatic rings. The maximum atomic E-state index is 10.6. The minimum atomic E-state index is -0.700. The van der Waals surface area contributed by atoms with Crippen molar-refractivity contribution in [2.45, 2.75) is 12.0 Å². The van der Waals surface area contributed by atoms with Crippen LogP contribution in [0, 0.1) is 0 Å². The Labute approximate surface area is 123 Å². The Balaban J connectivity index is 2.30. The second-order valence-corrected chi connectivity index (χ2v) is 5.06. The SMILES string of the molecule is COc1cccc(C(O)C(CN)c2cccc(Cl)c2)c1. The van der Waals surface area contributed by atoms with Gasteiger partial charge < -0.3 is 15.6 Å². The maximum Gasteiger partial charge on any atom is 0.119 e. The van der Waals surface area contributed by atoms with Crippen molar-refractivity contribution in [2.24, 2.45) is 5.73 Å². The molecule has 106 valence electrons. The summed E-state index contributed by atoms with van der Waals surface area (Å²) in [6, 6.07) is 14.8. The standard InChI is InChI=1S/C16H18ClNO2/c1-20-14-7-3-5-12(9-14)16(19)15(10-18)11-4-2-6-13(17)8-11/h2-9,15-16,19H,10,18H2,1H3. The van der Waals surface area contributed by atoms with Gasteiger partial charge in [-0.2, -0.15) is 0 Å². The van der Waals surface area contributed by atoms with E-state index in [-0.39, 0.29) is 5.92 Å². The quantitative estimate of drug-likeness (QED) is 0.890. The van der Waals surface area contributed by atoms with E-state index in [0.29, 0.717) is 17.3 Å². The average molecular weight is 292 g/mol. The predicted molar refractivity (Wildman–Crippen MR) is 81.2 cm³/mol. The van der Waals surface area contributed by atoms with Gasteiger partial charge in [0, 0.05) is 17.5 Å². The molecular formula is C16H18ClNO2. The van der Waals surface area contributed by atoms with Crippen molar-refractivity contribution in [3.8, 4) is 5.75 Å². The second-order valence-electron chi connectivity index (χ2n) is 4.62. The molecule has 0 amide bonds. The van der Waals surface area contributed by atoms with Gasteiger partial charge in [-0.05, 0) is 35.4 Å². The van der Waals surface area contributed by atoms with Crippen LogP contribution in [0.5, 0.6) is 5.75 Å². The normalized spacial score (nSPS) is 13.8. The van der Waals surface area contributed by atoms with E-state index >= 15 is 0 Å². The molecule has 0 saturated heterocycles. The fourth-order valence-electron chi connectivity index (χ4n) is 2.24. The van der Waals surface area contributed by atoms with Gasteiger partial charge in [-0.3, -0.25) is 0 Å². The molecule has 3 N–H and O–H groups in total. The van der Waals surface area contributed by atoms with E-state index in [1.54, 1.807) is 13.2 Å². The molecule has 4 heteroatoms. The number of halogens is 1. The number of methoxy groups -OCH3 is 1. The average Bonchev–Trinajstić information content (AvgIpc) is 2.48. The predicted octanol–water partition coefficient (Wildman–Crippen LogP) is 3.12. The van der Waals surface area contributed by atoms with Crippen molar-refractivity contribution >= 4 is 11.6 Å². The molecule has 2 aromatic rings. The van der Waals surface area contributed by atoms with Gasteiger partial charge >= 0.3 is 0 Å². The molecule has 2 unspecified atom stereocenters. The molecule has 0 aromatic heterocycles. The van der Waals surface area contributed by atoms with Gasteiger partial charge in [0.2, 0.25) is 0 Å². The first-order chi connectivity index (χ1) is 9.65. The van der Waals surface area contributed by atoms with Gasteiger partial charge in [0.1, 0.15) is 5.75 Å². The summed E-state index contributed by atoms with van der Waals surface area (Å²) in [6.45, 7) is 0.332. The number of nitrogens with two attached hydrogens (primary N) is 1. The van der Waals surface area contributed by atoms with E-state index in [2.05, 4.69) is 0 Å². The summed E-state index contributed by atoms with van der Waals surface area (Å²) in [4.78, 5) is 0. The van der Waals surface area contributed by atoms with Crippen molar-refractivity contribution < 1.29 is 9.84 Å². The minimum absolute atomic E-state index is 0.208. The summed E-state index contributed by atoms with van der Waals surface area (Å²) in [6.07, 6.45) is -0.700. The molecule has 0 aliphatic carbocycles. The van der Waals surface area contributed by atoms with Crippen molar-refractivity contribution in [1.82, 2.24) is 0 Å². The maximum absolute atomic E-state index is 10.6. The summed E-state index contributed by atoms with van der Waals surface area (Å²) in [5.74, 6) is 0.504. The Kier molecular flexibility index (Phi) is 5.01. The molecule has 0 spiro atoms. The Hall–Kier alpha value is -1.55. The topological polar surface area (TPSA) is 55.5 Å². The van der Waals surface area contributed by atoms with Gasteiger partial charge in [0.15, 0.2) is 0 Å². The molecule has 0 fully saturated rings. The van der Waals surface area contributed by atoms with Crippen LogP contribution in [0.2, 0.25) is 5.02 Å². The highest BCUT2D eigenvalue weighted by Gasteiger charge is 2.22. The second kappa shape index (κ2) is 6.75. The van der Waals surface area contributed by atoms with Crippen molar-refractivity contribution in [3.05, 3.63) is 64.7 Å². The summed E-state index contributed by atoms with van der Waals surface area (Å²) in [5.41, 5.74) is 7.53. The van der Waals surface area contributed by atoms with Crippen molar-refractivity contribution in [2.75, 3.05) is 13.7 Å². The lowest BCUT2D eigenvalue weighted by atomic mass is 9.89. The van der Waals surface area contributed by atoms with Gasteiger partial charge in [-0.1, -0.05) is 35.9 Å². The Morgan fingerprint density at radius 2 is 1.85 bits per heavy atom. The van der Waals surface area contributed by atoms with Crippen LogP contribution in [-0.4, -0.2) is 18.8 Å². The van der Waals surface area contributed by atoms with Crippen LogP contribution in [0.4, 0.5) is 0 Å². The Bertz CT molecular complexity index is 574. The van der Waals surface area contributed by atoms with Crippen LogP contribution in [0.3, 0.4) is 0 Å².